The molecule has 0 unspecified atom stereocenters. The molecule has 6 aromatic heterocycles. The Hall–Kier alpha value is -5.64. The van der Waals surface area contributed by atoms with Crippen LogP contribution in [0.5, 0.6) is 0 Å². The van der Waals surface area contributed by atoms with Gasteiger partial charge in [0.05, 0.1) is 46.4 Å². The summed E-state index contributed by atoms with van der Waals surface area (Å²) in [6, 6.07) is 19.3. The number of benzene rings is 1. The van der Waals surface area contributed by atoms with Gasteiger partial charge in [0.25, 0.3) is 0 Å². The van der Waals surface area contributed by atoms with Crippen LogP contribution in [0.25, 0.3) is 50.4 Å². The Kier molecular flexibility index (Phi) is 5.63. The standard InChI is InChI=1S/C30H23N9O/c1-18-16-39(17-33-18)30-22-13-26(35-24(22)9-10-32-30)29-28-25(37-38-29)8-7-23(36-28)20-12-21(15-31-14-20)34-27(40)11-19-5-3-2-4-6-19/h2-10,12-17,35H,11H2,1H3,(H,34,40)(H,37,38). The van der Waals surface area contributed by atoms with Gasteiger partial charge in [-0.25, -0.2) is 15.0 Å². The fourth-order valence-corrected chi connectivity index (χ4v) is 4.79. The van der Waals surface area contributed by atoms with Crippen molar-refractivity contribution in [3.8, 4) is 28.5 Å². The number of hydrogen-bond acceptors (Lipinski definition) is 6. The second-order valence-corrected chi connectivity index (χ2v) is 9.54. The summed E-state index contributed by atoms with van der Waals surface area (Å²) in [6.45, 7) is 1.95. The minimum absolute atomic E-state index is 0.107. The fraction of sp³-hybridized carbons (Fsp3) is 0.0667. The molecule has 6 heterocycles. The normalized spacial score (nSPS) is 11.3. The van der Waals surface area contributed by atoms with Gasteiger partial charge in [0.1, 0.15) is 23.4 Å². The van der Waals surface area contributed by atoms with Crippen LogP contribution in [0, 0.1) is 6.92 Å². The number of aryl methyl sites for hydroxylation is 1. The molecule has 0 radical (unpaired) electrons. The molecule has 10 heteroatoms. The number of hydrogen-bond donors (Lipinski definition) is 3. The number of nitrogens with one attached hydrogen (secondary N) is 3. The summed E-state index contributed by atoms with van der Waals surface area (Å²) in [5.74, 6) is 0.676. The highest BCUT2D eigenvalue weighted by Gasteiger charge is 2.16. The lowest BCUT2D eigenvalue weighted by Crippen LogP contribution is -2.14. The smallest absolute Gasteiger partial charge is 0.228 e. The number of amides is 1. The van der Waals surface area contributed by atoms with Crippen LogP contribution in [-0.2, 0) is 11.2 Å². The highest BCUT2D eigenvalue weighted by atomic mass is 16.1. The van der Waals surface area contributed by atoms with Crippen molar-refractivity contribution in [1.82, 2.24) is 39.7 Å². The summed E-state index contributed by atoms with van der Waals surface area (Å²) in [4.78, 5) is 34.2. The van der Waals surface area contributed by atoms with E-state index >= 15 is 0 Å². The molecule has 194 valence electrons. The maximum Gasteiger partial charge on any atom is 0.228 e. The number of aromatic amines is 2. The first-order chi connectivity index (χ1) is 19.6. The van der Waals surface area contributed by atoms with Gasteiger partial charge in [-0.2, -0.15) is 5.10 Å². The van der Waals surface area contributed by atoms with E-state index in [2.05, 4.69) is 35.5 Å². The van der Waals surface area contributed by atoms with Crippen LogP contribution >= 0.6 is 0 Å². The van der Waals surface area contributed by atoms with Gasteiger partial charge in [-0.15, -0.1) is 0 Å². The van der Waals surface area contributed by atoms with Crippen molar-refractivity contribution in [2.24, 2.45) is 0 Å². The van der Waals surface area contributed by atoms with Crippen molar-refractivity contribution < 1.29 is 4.79 Å². The Bertz CT molecular complexity index is 2000. The molecule has 0 spiro atoms. The largest absolute Gasteiger partial charge is 0.353 e. The average Bonchev–Trinajstić information content (AvgIpc) is 3.71. The maximum atomic E-state index is 12.6. The van der Waals surface area contributed by atoms with E-state index in [1.807, 2.05) is 78.4 Å². The number of fused-ring (bicyclic) bond motifs is 2. The van der Waals surface area contributed by atoms with E-state index in [0.717, 1.165) is 50.3 Å². The lowest BCUT2D eigenvalue weighted by Gasteiger charge is -2.07. The quantitative estimate of drug-likeness (QED) is 0.272. The van der Waals surface area contributed by atoms with E-state index < -0.39 is 0 Å². The van der Waals surface area contributed by atoms with Gasteiger partial charge in [-0.05, 0) is 42.8 Å². The Morgan fingerprint density at radius 1 is 1.00 bits per heavy atom. The van der Waals surface area contributed by atoms with E-state index in [1.54, 1.807) is 24.9 Å². The molecule has 0 bridgehead atoms. The molecule has 0 fully saturated rings. The molecular weight excluding hydrogens is 502 g/mol. The van der Waals surface area contributed by atoms with Crippen molar-refractivity contribution in [2.45, 2.75) is 13.3 Å². The molecule has 0 saturated heterocycles. The first kappa shape index (κ1) is 23.5. The van der Waals surface area contributed by atoms with E-state index in [9.17, 15) is 4.79 Å². The Morgan fingerprint density at radius 2 is 1.90 bits per heavy atom. The van der Waals surface area contributed by atoms with Gasteiger partial charge in [-0.1, -0.05) is 30.3 Å². The van der Waals surface area contributed by atoms with Crippen molar-refractivity contribution in [1.29, 1.82) is 0 Å². The highest BCUT2D eigenvalue weighted by molar-refractivity contribution is 5.96. The van der Waals surface area contributed by atoms with Crippen LogP contribution in [-0.4, -0.2) is 45.6 Å². The topological polar surface area (TPSA) is 130 Å². The van der Waals surface area contributed by atoms with Gasteiger partial charge >= 0.3 is 0 Å². The van der Waals surface area contributed by atoms with Gasteiger partial charge in [0.15, 0.2) is 0 Å². The summed E-state index contributed by atoms with van der Waals surface area (Å²) in [5, 5.41) is 11.5. The number of anilines is 1. The second-order valence-electron chi connectivity index (χ2n) is 9.54. The third-order valence-electron chi connectivity index (χ3n) is 6.67. The summed E-state index contributed by atoms with van der Waals surface area (Å²) in [6.07, 6.45) is 9.12. The zero-order chi connectivity index (χ0) is 27.1. The molecule has 0 aliphatic heterocycles. The molecule has 0 aliphatic carbocycles. The number of nitrogens with zero attached hydrogens (tertiary/aromatic N) is 6. The molecule has 3 N–H and O–H groups in total. The number of pyridine rings is 3. The summed E-state index contributed by atoms with van der Waals surface area (Å²) >= 11 is 0. The molecule has 7 aromatic rings. The molecule has 0 aliphatic rings. The van der Waals surface area contributed by atoms with Gasteiger partial charge in [0, 0.05) is 29.5 Å². The number of rotatable bonds is 6. The Balaban J connectivity index is 1.21. The van der Waals surface area contributed by atoms with E-state index in [-0.39, 0.29) is 12.3 Å². The van der Waals surface area contributed by atoms with Gasteiger partial charge < -0.3 is 10.3 Å². The molecule has 7 rings (SSSR count). The minimum atomic E-state index is -0.107. The summed E-state index contributed by atoms with van der Waals surface area (Å²) < 4.78 is 1.91. The first-order valence-corrected chi connectivity index (χ1v) is 12.7. The molecule has 0 saturated carbocycles. The average molecular weight is 526 g/mol. The SMILES string of the molecule is Cc1cn(-c2nccc3[nH]c(-c4n[nH]c5ccc(-c6cncc(NC(=O)Cc7ccccc7)c6)nc45)cc23)cn1. The lowest BCUT2D eigenvalue weighted by molar-refractivity contribution is -0.115. The zero-order valence-electron chi connectivity index (χ0n) is 21.5. The number of aromatic nitrogens is 8. The van der Waals surface area contributed by atoms with E-state index in [0.29, 0.717) is 17.1 Å². The molecule has 1 amide bonds. The predicted octanol–water partition coefficient (Wildman–Crippen LogP) is 5.24. The van der Waals surface area contributed by atoms with Crippen LogP contribution in [0.15, 0.2) is 91.8 Å². The zero-order valence-corrected chi connectivity index (χ0v) is 21.5. The second kappa shape index (κ2) is 9.59. The summed E-state index contributed by atoms with van der Waals surface area (Å²) in [7, 11) is 0. The Morgan fingerprint density at radius 3 is 2.75 bits per heavy atom. The summed E-state index contributed by atoms with van der Waals surface area (Å²) in [5.41, 5.74) is 7.94. The first-order valence-electron chi connectivity index (χ1n) is 12.7. The fourth-order valence-electron chi connectivity index (χ4n) is 4.79. The molecule has 0 atom stereocenters. The van der Waals surface area contributed by atoms with Gasteiger partial charge in [0.2, 0.25) is 5.91 Å². The third-order valence-corrected chi connectivity index (χ3v) is 6.67. The third kappa shape index (κ3) is 4.37. The number of imidazole rings is 1. The van der Waals surface area contributed by atoms with Crippen molar-refractivity contribution >= 4 is 33.5 Å². The predicted molar refractivity (Wildman–Crippen MR) is 153 cm³/mol. The molecule has 1 aromatic carbocycles. The lowest BCUT2D eigenvalue weighted by atomic mass is 10.1. The van der Waals surface area contributed by atoms with E-state index in [4.69, 9.17) is 4.98 Å². The maximum absolute atomic E-state index is 12.6. The minimum Gasteiger partial charge on any atom is -0.353 e. The molecule has 40 heavy (non-hydrogen) atoms. The highest BCUT2D eigenvalue weighted by Crippen LogP contribution is 2.31. The number of H-pyrrole nitrogens is 2. The van der Waals surface area contributed by atoms with Crippen LogP contribution < -0.4 is 5.32 Å². The number of carbonyl (C=O) groups excluding carboxylic acids is 1. The van der Waals surface area contributed by atoms with Crippen molar-refractivity contribution in [3.05, 3.63) is 103 Å². The molecule has 10 nitrogen and oxygen atoms in total. The van der Waals surface area contributed by atoms with Crippen molar-refractivity contribution in [2.75, 3.05) is 5.32 Å². The molecular formula is C30H23N9O. The van der Waals surface area contributed by atoms with Gasteiger partial charge in [-0.3, -0.25) is 19.4 Å². The Labute approximate surface area is 228 Å². The van der Waals surface area contributed by atoms with Crippen molar-refractivity contribution in [3.63, 3.8) is 0 Å². The number of carbonyl (C=O) groups is 1. The van der Waals surface area contributed by atoms with Crippen LogP contribution in [0.1, 0.15) is 11.3 Å². The van der Waals surface area contributed by atoms with Crippen LogP contribution in [0.3, 0.4) is 0 Å². The van der Waals surface area contributed by atoms with Crippen LogP contribution in [0.2, 0.25) is 0 Å². The monoisotopic (exact) mass is 525 g/mol. The van der Waals surface area contributed by atoms with Crippen LogP contribution in [0.4, 0.5) is 5.69 Å². The van der Waals surface area contributed by atoms with E-state index in [1.165, 1.54) is 0 Å².